The van der Waals surface area contributed by atoms with Crippen LogP contribution in [0.1, 0.15) is 18.9 Å². The van der Waals surface area contributed by atoms with E-state index in [0.717, 1.165) is 11.3 Å². The van der Waals surface area contributed by atoms with E-state index in [4.69, 9.17) is 14.2 Å². The van der Waals surface area contributed by atoms with Crippen molar-refractivity contribution in [2.24, 2.45) is 0 Å². The summed E-state index contributed by atoms with van der Waals surface area (Å²) < 4.78 is 16.2. The van der Waals surface area contributed by atoms with Crippen LogP contribution in [0.15, 0.2) is 42.5 Å². The SMILES string of the molecule is COc1ccc(NC(=O)CC(C)NCCOc2ccccc2C)c(OC)c1. The van der Waals surface area contributed by atoms with Gasteiger partial charge >= 0.3 is 0 Å². The topological polar surface area (TPSA) is 68.8 Å². The molecule has 6 heteroatoms. The zero-order valence-corrected chi connectivity index (χ0v) is 16.4. The Morgan fingerprint density at radius 1 is 1.07 bits per heavy atom. The van der Waals surface area contributed by atoms with Crippen LogP contribution in [-0.2, 0) is 4.79 Å². The van der Waals surface area contributed by atoms with Gasteiger partial charge in [-0.15, -0.1) is 0 Å². The summed E-state index contributed by atoms with van der Waals surface area (Å²) in [6.07, 6.45) is 0.347. The van der Waals surface area contributed by atoms with Crippen LogP contribution < -0.4 is 24.8 Å². The summed E-state index contributed by atoms with van der Waals surface area (Å²) in [4.78, 5) is 12.3. The Hall–Kier alpha value is -2.73. The van der Waals surface area contributed by atoms with Gasteiger partial charge in [0, 0.05) is 25.1 Å². The Labute approximate surface area is 160 Å². The van der Waals surface area contributed by atoms with Crippen molar-refractivity contribution in [2.45, 2.75) is 26.3 Å². The highest BCUT2D eigenvalue weighted by Gasteiger charge is 2.12. The number of hydrogen-bond acceptors (Lipinski definition) is 5. The Kier molecular flexibility index (Phi) is 7.95. The number of amides is 1. The first kappa shape index (κ1) is 20.6. The Morgan fingerprint density at radius 3 is 2.56 bits per heavy atom. The summed E-state index contributed by atoms with van der Waals surface area (Å²) in [6.45, 7) is 5.19. The van der Waals surface area contributed by atoms with Crippen LogP contribution in [0.4, 0.5) is 5.69 Å². The number of anilines is 1. The monoisotopic (exact) mass is 372 g/mol. The molecule has 0 saturated carbocycles. The lowest BCUT2D eigenvalue weighted by molar-refractivity contribution is -0.116. The van der Waals surface area contributed by atoms with Gasteiger partial charge in [-0.3, -0.25) is 4.79 Å². The fraction of sp³-hybridized carbons (Fsp3) is 0.381. The highest BCUT2D eigenvalue weighted by molar-refractivity contribution is 5.92. The zero-order valence-electron chi connectivity index (χ0n) is 16.4. The van der Waals surface area contributed by atoms with Crippen LogP contribution in [0.3, 0.4) is 0 Å². The molecule has 0 aliphatic carbocycles. The molecule has 146 valence electrons. The second-order valence-electron chi connectivity index (χ2n) is 6.29. The van der Waals surface area contributed by atoms with E-state index in [0.29, 0.717) is 36.8 Å². The average Bonchev–Trinajstić information content (AvgIpc) is 2.66. The maximum absolute atomic E-state index is 12.3. The maximum atomic E-state index is 12.3. The summed E-state index contributed by atoms with van der Waals surface area (Å²) in [5, 5.41) is 6.18. The number of carbonyl (C=O) groups is 1. The molecule has 0 heterocycles. The summed E-state index contributed by atoms with van der Waals surface area (Å²) in [5.74, 6) is 2.04. The molecule has 0 radical (unpaired) electrons. The number of benzene rings is 2. The van der Waals surface area contributed by atoms with Crippen molar-refractivity contribution < 1.29 is 19.0 Å². The molecule has 2 aromatic rings. The molecule has 0 aliphatic heterocycles. The Balaban J connectivity index is 1.74. The molecule has 2 rings (SSSR count). The molecule has 0 bridgehead atoms. The van der Waals surface area contributed by atoms with Gasteiger partial charge in [-0.25, -0.2) is 0 Å². The number of nitrogens with one attached hydrogen (secondary N) is 2. The standard InChI is InChI=1S/C21H28N2O4/c1-15-7-5-6-8-19(15)27-12-11-22-16(2)13-21(24)23-18-10-9-17(25-3)14-20(18)26-4/h5-10,14,16,22H,11-13H2,1-4H3,(H,23,24). The minimum atomic E-state index is -0.0849. The molecule has 1 amide bonds. The molecule has 0 fully saturated rings. The van der Waals surface area contributed by atoms with Gasteiger partial charge in [0.1, 0.15) is 23.9 Å². The molecule has 0 spiro atoms. The lowest BCUT2D eigenvalue weighted by Crippen LogP contribution is -2.33. The van der Waals surface area contributed by atoms with E-state index in [1.807, 2.05) is 38.1 Å². The highest BCUT2D eigenvalue weighted by atomic mass is 16.5. The van der Waals surface area contributed by atoms with Crippen molar-refractivity contribution in [2.75, 3.05) is 32.7 Å². The molecule has 0 aliphatic rings. The number of aryl methyl sites for hydroxylation is 1. The number of ether oxygens (including phenoxy) is 3. The average molecular weight is 372 g/mol. The second-order valence-corrected chi connectivity index (χ2v) is 6.29. The molecular formula is C21H28N2O4. The van der Waals surface area contributed by atoms with E-state index in [9.17, 15) is 4.79 Å². The summed E-state index contributed by atoms with van der Waals surface area (Å²) >= 11 is 0. The van der Waals surface area contributed by atoms with E-state index in [1.165, 1.54) is 0 Å². The Bertz CT molecular complexity index is 749. The van der Waals surface area contributed by atoms with Crippen LogP contribution in [-0.4, -0.2) is 39.3 Å². The number of rotatable bonds is 10. The third-order valence-electron chi connectivity index (χ3n) is 4.12. The molecule has 27 heavy (non-hydrogen) atoms. The minimum Gasteiger partial charge on any atom is -0.497 e. The molecule has 1 unspecified atom stereocenters. The maximum Gasteiger partial charge on any atom is 0.226 e. The van der Waals surface area contributed by atoms with Gasteiger partial charge < -0.3 is 24.8 Å². The lowest BCUT2D eigenvalue weighted by Gasteiger charge is -2.16. The van der Waals surface area contributed by atoms with E-state index >= 15 is 0 Å². The predicted molar refractivity (Wildman–Crippen MR) is 107 cm³/mol. The fourth-order valence-corrected chi connectivity index (χ4v) is 2.64. The van der Waals surface area contributed by atoms with Crippen LogP contribution in [0, 0.1) is 6.92 Å². The van der Waals surface area contributed by atoms with E-state index in [2.05, 4.69) is 10.6 Å². The van der Waals surface area contributed by atoms with Crippen molar-refractivity contribution in [3.8, 4) is 17.2 Å². The Morgan fingerprint density at radius 2 is 1.85 bits per heavy atom. The predicted octanol–water partition coefficient (Wildman–Crippen LogP) is 3.40. The first-order chi connectivity index (χ1) is 13.0. The molecule has 2 aromatic carbocycles. The van der Waals surface area contributed by atoms with Gasteiger partial charge in [0.05, 0.1) is 19.9 Å². The number of methoxy groups -OCH3 is 2. The van der Waals surface area contributed by atoms with Gasteiger partial charge in [-0.2, -0.15) is 0 Å². The third kappa shape index (κ3) is 6.49. The minimum absolute atomic E-state index is 0.0229. The van der Waals surface area contributed by atoms with E-state index in [1.54, 1.807) is 32.4 Å². The van der Waals surface area contributed by atoms with E-state index in [-0.39, 0.29) is 11.9 Å². The molecule has 0 saturated heterocycles. The zero-order chi connectivity index (χ0) is 19.6. The highest BCUT2D eigenvalue weighted by Crippen LogP contribution is 2.29. The summed E-state index contributed by atoms with van der Waals surface area (Å²) in [6, 6.07) is 13.2. The number of para-hydroxylation sites is 1. The van der Waals surface area contributed by atoms with Crippen molar-refractivity contribution in [1.29, 1.82) is 0 Å². The van der Waals surface area contributed by atoms with Crippen molar-refractivity contribution in [1.82, 2.24) is 5.32 Å². The van der Waals surface area contributed by atoms with Crippen LogP contribution in [0.2, 0.25) is 0 Å². The van der Waals surface area contributed by atoms with Crippen LogP contribution in [0.25, 0.3) is 0 Å². The van der Waals surface area contributed by atoms with Crippen molar-refractivity contribution in [3.05, 3.63) is 48.0 Å². The van der Waals surface area contributed by atoms with E-state index < -0.39 is 0 Å². The molecule has 1 atom stereocenters. The van der Waals surface area contributed by atoms with Crippen LogP contribution in [0.5, 0.6) is 17.2 Å². The van der Waals surface area contributed by atoms with Gasteiger partial charge in [0.2, 0.25) is 5.91 Å². The molecule has 0 aromatic heterocycles. The molecule has 2 N–H and O–H groups in total. The quantitative estimate of drug-likeness (QED) is 0.626. The van der Waals surface area contributed by atoms with Gasteiger partial charge in [-0.1, -0.05) is 18.2 Å². The third-order valence-corrected chi connectivity index (χ3v) is 4.12. The first-order valence-electron chi connectivity index (χ1n) is 8.97. The van der Waals surface area contributed by atoms with Gasteiger partial charge in [0.15, 0.2) is 0 Å². The van der Waals surface area contributed by atoms with Gasteiger partial charge in [0.25, 0.3) is 0 Å². The summed E-state index contributed by atoms with van der Waals surface area (Å²) in [5.41, 5.74) is 1.73. The molecule has 6 nitrogen and oxygen atoms in total. The number of hydrogen-bond donors (Lipinski definition) is 2. The largest absolute Gasteiger partial charge is 0.497 e. The van der Waals surface area contributed by atoms with Crippen LogP contribution >= 0.6 is 0 Å². The normalized spacial score (nSPS) is 11.6. The number of carbonyl (C=O) groups excluding carboxylic acids is 1. The fourth-order valence-electron chi connectivity index (χ4n) is 2.64. The first-order valence-corrected chi connectivity index (χ1v) is 8.97. The lowest BCUT2D eigenvalue weighted by atomic mass is 10.2. The van der Waals surface area contributed by atoms with Crippen molar-refractivity contribution in [3.63, 3.8) is 0 Å². The molecular weight excluding hydrogens is 344 g/mol. The van der Waals surface area contributed by atoms with Crippen molar-refractivity contribution >= 4 is 11.6 Å². The smallest absolute Gasteiger partial charge is 0.226 e. The second kappa shape index (κ2) is 10.4. The van der Waals surface area contributed by atoms with Gasteiger partial charge in [-0.05, 0) is 37.6 Å². The summed E-state index contributed by atoms with van der Waals surface area (Å²) in [7, 11) is 3.15.